The van der Waals surface area contributed by atoms with Gasteiger partial charge in [-0.05, 0) is 12.1 Å². The normalized spacial score (nSPS) is 15.4. The molecule has 1 aliphatic heterocycles. The molecule has 0 radical (unpaired) electrons. The van der Waals surface area contributed by atoms with Crippen LogP contribution in [0.2, 0.25) is 15.1 Å². The van der Waals surface area contributed by atoms with Crippen LogP contribution in [0.3, 0.4) is 0 Å². The Hall–Kier alpha value is -1.43. The van der Waals surface area contributed by atoms with Gasteiger partial charge in [-0.25, -0.2) is 0 Å². The molecule has 0 spiro atoms. The van der Waals surface area contributed by atoms with Gasteiger partial charge in [0.25, 0.3) is 5.91 Å². The van der Waals surface area contributed by atoms with Crippen LogP contribution in [-0.2, 0) is 4.79 Å². The molecule has 1 aromatic heterocycles. The Morgan fingerprint density at radius 1 is 1.19 bits per heavy atom. The average molecular weight is 347 g/mol. The first kappa shape index (κ1) is 14.5. The summed E-state index contributed by atoms with van der Waals surface area (Å²) in [5.41, 5.74) is 0.838. The van der Waals surface area contributed by atoms with Gasteiger partial charge in [0.1, 0.15) is 5.69 Å². The van der Waals surface area contributed by atoms with Crippen molar-refractivity contribution in [3.05, 3.63) is 32.9 Å². The zero-order valence-corrected chi connectivity index (χ0v) is 12.9. The molecular formula is C13H10Cl3N3O2. The van der Waals surface area contributed by atoms with E-state index in [-0.39, 0.29) is 29.1 Å². The van der Waals surface area contributed by atoms with Gasteiger partial charge in [0, 0.05) is 24.0 Å². The Kier molecular flexibility index (Phi) is 3.73. The van der Waals surface area contributed by atoms with Crippen molar-refractivity contribution < 1.29 is 9.59 Å². The van der Waals surface area contributed by atoms with Gasteiger partial charge in [-0.3, -0.25) is 9.59 Å². The molecule has 0 bridgehead atoms. The SMILES string of the molecule is O=C1CN(C(=O)c2[nH]c3ccc(Cl)c(Cl)c3c2Cl)CCN1. The molecular weight excluding hydrogens is 337 g/mol. The lowest BCUT2D eigenvalue weighted by atomic mass is 10.2. The maximum absolute atomic E-state index is 12.5. The fraction of sp³-hybridized carbons (Fsp3) is 0.231. The van der Waals surface area contributed by atoms with E-state index in [1.807, 2.05) is 0 Å². The Bertz CT molecular complexity index is 757. The number of nitrogens with one attached hydrogen (secondary N) is 2. The standard InChI is InChI=1S/C13H10Cl3N3O2/c14-6-1-2-7-9(10(6)15)11(16)12(18-7)13(21)19-4-3-17-8(20)5-19/h1-2,18H,3-5H2,(H,17,20). The number of hydrogen-bond donors (Lipinski definition) is 2. The molecule has 1 aromatic carbocycles. The van der Waals surface area contributed by atoms with Gasteiger partial charge in [0.05, 0.1) is 21.6 Å². The molecule has 110 valence electrons. The molecule has 0 unspecified atom stereocenters. The summed E-state index contributed by atoms with van der Waals surface area (Å²) in [5.74, 6) is -0.527. The van der Waals surface area contributed by atoms with E-state index < -0.39 is 0 Å². The summed E-state index contributed by atoms with van der Waals surface area (Å²) in [4.78, 5) is 28.2. The Balaban J connectivity index is 2.04. The van der Waals surface area contributed by atoms with Gasteiger partial charge in [-0.15, -0.1) is 0 Å². The zero-order chi connectivity index (χ0) is 15.1. The molecule has 8 heteroatoms. The minimum Gasteiger partial charge on any atom is -0.353 e. The highest BCUT2D eigenvalue weighted by Crippen LogP contribution is 2.37. The van der Waals surface area contributed by atoms with E-state index in [0.717, 1.165) is 0 Å². The van der Waals surface area contributed by atoms with Crippen LogP contribution in [0.5, 0.6) is 0 Å². The van der Waals surface area contributed by atoms with Crippen molar-refractivity contribution in [2.75, 3.05) is 19.6 Å². The molecule has 2 aromatic rings. The number of carbonyl (C=O) groups is 2. The van der Waals surface area contributed by atoms with E-state index in [2.05, 4.69) is 10.3 Å². The van der Waals surface area contributed by atoms with Crippen molar-refractivity contribution in [2.45, 2.75) is 0 Å². The van der Waals surface area contributed by atoms with Gasteiger partial charge >= 0.3 is 0 Å². The van der Waals surface area contributed by atoms with Gasteiger partial charge in [-0.1, -0.05) is 34.8 Å². The fourth-order valence-corrected chi connectivity index (χ4v) is 3.09. The van der Waals surface area contributed by atoms with Crippen molar-refractivity contribution in [3.63, 3.8) is 0 Å². The predicted molar refractivity (Wildman–Crippen MR) is 82.2 cm³/mol. The van der Waals surface area contributed by atoms with Crippen molar-refractivity contribution in [1.29, 1.82) is 0 Å². The number of aromatic nitrogens is 1. The second-order valence-electron chi connectivity index (χ2n) is 4.67. The van der Waals surface area contributed by atoms with Crippen molar-refractivity contribution in [3.8, 4) is 0 Å². The Morgan fingerprint density at radius 3 is 2.67 bits per heavy atom. The number of piperazine rings is 1. The highest BCUT2D eigenvalue weighted by Gasteiger charge is 2.27. The molecule has 3 rings (SSSR count). The largest absolute Gasteiger partial charge is 0.353 e. The van der Waals surface area contributed by atoms with Crippen LogP contribution >= 0.6 is 34.8 Å². The average Bonchev–Trinajstić information content (AvgIpc) is 2.80. The number of hydrogen-bond acceptors (Lipinski definition) is 2. The number of fused-ring (bicyclic) bond motifs is 1. The summed E-state index contributed by atoms with van der Waals surface area (Å²) in [6.45, 7) is 0.874. The predicted octanol–water partition coefficient (Wildman–Crippen LogP) is 2.70. The number of halogens is 3. The van der Waals surface area contributed by atoms with Crippen LogP contribution in [0, 0.1) is 0 Å². The second-order valence-corrected chi connectivity index (χ2v) is 5.84. The van der Waals surface area contributed by atoms with Gasteiger partial charge < -0.3 is 15.2 Å². The fourth-order valence-electron chi connectivity index (χ4n) is 2.30. The number of rotatable bonds is 1. The summed E-state index contributed by atoms with van der Waals surface area (Å²) in [6, 6.07) is 3.33. The van der Waals surface area contributed by atoms with Gasteiger partial charge in [0.2, 0.25) is 5.91 Å². The summed E-state index contributed by atoms with van der Waals surface area (Å²) in [6.07, 6.45) is 0. The third kappa shape index (κ3) is 2.46. The number of benzene rings is 1. The van der Waals surface area contributed by atoms with Crippen molar-refractivity contribution in [2.24, 2.45) is 0 Å². The third-order valence-corrected chi connectivity index (χ3v) is 4.52. The highest BCUT2D eigenvalue weighted by molar-refractivity contribution is 6.49. The van der Waals surface area contributed by atoms with Gasteiger partial charge in [-0.2, -0.15) is 0 Å². The Labute approximate surface area is 135 Å². The first-order chi connectivity index (χ1) is 9.99. The number of amides is 2. The lowest BCUT2D eigenvalue weighted by molar-refractivity contribution is -0.123. The van der Waals surface area contributed by atoms with E-state index in [1.54, 1.807) is 12.1 Å². The number of carbonyl (C=O) groups excluding carboxylic acids is 2. The topological polar surface area (TPSA) is 65.2 Å². The second kappa shape index (κ2) is 5.40. The van der Waals surface area contributed by atoms with Crippen LogP contribution in [0.1, 0.15) is 10.5 Å². The van der Waals surface area contributed by atoms with Crippen LogP contribution in [0.15, 0.2) is 12.1 Å². The summed E-state index contributed by atoms with van der Waals surface area (Å²) in [7, 11) is 0. The molecule has 5 nitrogen and oxygen atoms in total. The lowest BCUT2D eigenvalue weighted by Gasteiger charge is -2.26. The van der Waals surface area contributed by atoms with E-state index in [0.29, 0.717) is 34.0 Å². The summed E-state index contributed by atoms with van der Waals surface area (Å²) >= 11 is 18.4. The van der Waals surface area contributed by atoms with Gasteiger partial charge in [0.15, 0.2) is 0 Å². The summed E-state index contributed by atoms with van der Waals surface area (Å²) in [5, 5.41) is 4.05. The molecule has 0 atom stereocenters. The van der Waals surface area contributed by atoms with Crippen LogP contribution in [0.25, 0.3) is 10.9 Å². The van der Waals surface area contributed by atoms with E-state index in [4.69, 9.17) is 34.8 Å². The molecule has 1 saturated heterocycles. The minimum absolute atomic E-state index is 0.0129. The molecule has 1 fully saturated rings. The molecule has 0 saturated carbocycles. The number of aromatic amines is 1. The van der Waals surface area contributed by atoms with Crippen molar-refractivity contribution >= 4 is 57.5 Å². The number of H-pyrrole nitrogens is 1. The molecule has 2 N–H and O–H groups in total. The smallest absolute Gasteiger partial charge is 0.272 e. The van der Waals surface area contributed by atoms with Crippen LogP contribution in [-0.4, -0.2) is 41.3 Å². The lowest BCUT2D eigenvalue weighted by Crippen LogP contribution is -2.50. The van der Waals surface area contributed by atoms with E-state index in [1.165, 1.54) is 4.90 Å². The quantitative estimate of drug-likeness (QED) is 0.834. The third-order valence-electron chi connectivity index (χ3n) is 3.33. The van der Waals surface area contributed by atoms with E-state index >= 15 is 0 Å². The highest BCUT2D eigenvalue weighted by atomic mass is 35.5. The number of nitrogens with zero attached hydrogens (tertiary/aromatic N) is 1. The molecule has 0 aliphatic carbocycles. The molecule has 2 amide bonds. The van der Waals surface area contributed by atoms with Crippen molar-refractivity contribution in [1.82, 2.24) is 15.2 Å². The first-order valence-electron chi connectivity index (χ1n) is 6.20. The maximum atomic E-state index is 12.5. The molecule has 21 heavy (non-hydrogen) atoms. The molecule has 1 aliphatic rings. The zero-order valence-electron chi connectivity index (χ0n) is 10.7. The van der Waals surface area contributed by atoms with Crippen LogP contribution in [0.4, 0.5) is 0 Å². The van der Waals surface area contributed by atoms with Crippen LogP contribution < -0.4 is 5.32 Å². The summed E-state index contributed by atoms with van der Waals surface area (Å²) < 4.78 is 0. The Morgan fingerprint density at radius 2 is 1.95 bits per heavy atom. The maximum Gasteiger partial charge on any atom is 0.272 e. The molecule has 2 heterocycles. The minimum atomic E-state index is -0.335. The van der Waals surface area contributed by atoms with E-state index in [9.17, 15) is 9.59 Å². The first-order valence-corrected chi connectivity index (χ1v) is 7.33. The monoisotopic (exact) mass is 345 g/mol.